The zero-order valence-electron chi connectivity index (χ0n) is 13.2. The second kappa shape index (κ2) is 7.41. The number of hydrogen-bond acceptors (Lipinski definition) is 5. The van der Waals surface area contributed by atoms with E-state index in [2.05, 4.69) is 20.6 Å². The molecular weight excluding hydrogens is 307 g/mol. The lowest BCUT2D eigenvalue weighted by Gasteiger charge is -2.09. The molecule has 0 radical (unpaired) electrons. The third-order valence-corrected chi connectivity index (χ3v) is 3.40. The molecule has 0 unspecified atom stereocenters. The maximum atomic E-state index is 13.2. The number of ether oxygens (including phenoxy) is 1. The number of anilines is 3. The molecule has 0 aliphatic heterocycles. The first-order valence-electron chi connectivity index (χ1n) is 7.44. The molecule has 0 aliphatic carbocycles. The molecule has 0 spiro atoms. The normalized spacial score (nSPS) is 10.2. The van der Waals surface area contributed by atoms with E-state index in [-0.39, 0.29) is 5.82 Å². The average molecular weight is 324 g/mol. The summed E-state index contributed by atoms with van der Waals surface area (Å²) in [6.45, 7) is 0.625. The van der Waals surface area contributed by atoms with E-state index < -0.39 is 0 Å². The molecule has 0 atom stereocenters. The van der Waals surface area contributed by atoms with Gasteiger partial charge in [0.2, 0.25) is 0 Å². The van der Waals surface area contributed by atoms with Crippen molar-refractivity contribution in [2.45, 2.75) is 6.54 Å². The Kier molecular flexibility index (Phi) is 4.86. The van der Waals surface area contributed by atoms with Crippen LogP contribution in [0.4, 0.5) is 21.7 Å². The summed E-state index contributed by atoms with van der Waals surface area (Å²) in [6.07, 6.45) is 1.46. The summed E-state index contributed by atoms with van der Waals surface area (Å²) in [4.78, 5) is 8.33. The first kappa shape index (κ1) is 15.7. The average Bonchev–Trinajstić information content (AvgIpc) is 2.61. The third kappa shape index (κ3) is 4.19. The highest BCUT2D eigenvalue weighted by Crippen LogP contribution is 2.18. The minimum Gasteiger partial charge on any atom is -0.497 e. The first-order valence-corrected chi connectivity index (χ1v) is 7.44. The Balaban J connectivity index is 1.64. The predicted molar refractivity (Wildman–Crippen MR) is 92.0 cm³/mol. The van der Waals surface area contributed by atoms with Crippen LogP contribution in [0.5, 0.6) is 5.75 Å². The molecule has 6 heteroatoms. The van der Waals surface area contributed by atoms with Crippen LogP contribution < -0.4 is 15.4 Å². The highest BCUT2D eigenvalue weighted by Gasteiger charge is 2.01. The van der Waals surface area contributed by atoms with Gasteiger partial charge in [0.05, 0.1) is 7.11 Å². The van der Waals surface area contributed by atoms with Crippen LogP contribution in [0.25, 0.3) is 0 Å². The van der Waals surface area contributed by atoms with Crippen molar-refractivity contribution in [3.05, 3.63) is 72.3 Å². The van der Waals surface area contributed by atoms with Crippen molar-refractivity contribution in [1.82, 2.24) is 9.97 Å². The fraction of sp³-hybridized carbons (Fsp3) is 0.111. The van der Waals surface area contributed by atoms with Crippen LogP contribution in [0, 0.1) is 5.82 Å². The summed E-state index contributed by atoms with van der Waals surface area (Å²) in [5, 5.41) is 6.28. The van der Waals surface area contributed by atoms with Crippen LogP contribution in [-0.4, -0.2) is 17.1 Å². The van der Waals surface area contributed by atoms with Gasteiger partial charge in [-0.3, -0.25) is 0 Å². The van der Waals surface area contributed by atoms with Crippen LogP contribution in [0.1, 0.15) is 5.56 Å². The zero-order chi connectivity index (χ0) is 16.8. The summed E-state index contributed by atoms with van der Waals surface area (Å²) in [5.74, 6) is 1.79. The van der Waals surface area contributed by atoms with Crippen molar-refractivity contribution in [3.8, 4) is 5.75 Å². The topological polar surface area (TPSA) is 59.1 Å². The Morgan fingerprint density at radius 3 is 2.54 bits per heavy atom. The van der Waals surface area contributed by atoms with E-state index in [1.807, 2.05) is 24.3 Å². The zero-order valence-corrected chi connectivity index (χ0v) is 13.2. The molecule has 3 rings (SSSR count). The quantitative estimate of drug-likeness (QED) is 0.718. The second-order valence-electron chi connectivity index (χ2n) is 5.13. The highest BCUT2D eigenvalue weighted by atomic mass is 19.1. The van der Waals surface area contributed by atoms with Crippen molar-refractivity contribution in [3.63, 3.8) is 0 Å². The fourth-order valence-corrected chi connectivity index (χ4v) is 2.17. The van der Waals surface area contributed by atoms with Gasteiger partial charge in [-0.25, -0.2) is 14.4 Å². The van der Waals surface area contributed by atoms with E-state index in [9.17, 15) is 4.39 Å². The Labute approximate surface area is 139 Å². The van der Waals surface area contributed by atoms with Crippen LogP contribution in [-0.2, 0) is 6.54 Å². The van der Waals surface area contributed by atoms with Crippen molar-refractivity contribution in [2.75, 3.05) is 17.7 Å². The number of hydrogen-bond donors (Lipinski definition) is 2. The summed E-state index contributed by atoms with van der Waals surface area (Å²) in [6, 6.07) is 15.8. The summed E-state index contributed by atoms with van der Waals surface area (Å²) in [7, 11) is 1.64. The monoisotopic (exact) mass is 324 g/mol. The first-order chi connectivity index (χ1) is 11.7. The van der Waals surface area contributed by atoms with Crippen LogP contribution >= 0.6 is 0 Å². The SMILES string of the molecule is COc1ccc(CNc2cc(Nc3cccc(F)c3)ncn2)cc1. The second-order valence-corrected chi connectivity index (χ2v) is 5.13. The fourth-order valence-electron chi connectivity index (χ4n) is 2.17. The number of methoxy groups -OCH3 is 1. The minimum absolute atomic E-state index is 0.299. The molecule has 0 aliphatic rings. The third-order valence-electron chi connectivity index (χ3n) is 3.40. The molecule has 1 aromatic heterocycles. The number of aromatic nitrogens is 2. The van der Waals surface area contributed by atoms with Gasteiger partial charge in [-0.1, -0.05) is 18.2 Å². The molecule has 2 N–H and O–H groups in total. The Bertz CT molecular complexity index is 808. The minimum atomic E-state index is -0.299. The number of benzene rings is 2. The molecular formula is C18H17FN4O. The largest absolute Gasteiger partial charge is 0.497 e. The van der Waals surface area contributed by atoms with Crippen molar-refractivity contribution in [1.29, 1.82) is 0 Å². The van der Waals surface area contributed by atoms with Gasteiger partial charge in [0, 0.05) is 18.3 Å². The number of nitrogens with zero attached hydrogens (tertiary/aromatic N) is 2. The molecule has 0 fully saturated rings. The number of nitrogens with one attached hydrogen (secondary N) is 2. The molecule has 2 aromatic carbocycles. The Hall–Kier alpha value is -3.15. The lowest BCUT2D eigenvalue weighted by atomic mass is 10.2. The maximum absolute atomic E-state index is 13.2. The van der Waals surface area contributed by atoms with Crippen LogP contribution in [0.15, 0.2) is 60.9 Å². The van der Waals surface area contributed by atoms with Crippen LogP contribution in [0.2, 0.25) is 0 Å². The van der Waals surface area contributed by atoms with Crippen LogP contribution in [0.3, 0.4) is 0 Å². The van der Waals surface area contributed by atoms with E-state index in [1.54, 1.807) is 25.3 Å². The predicted octanol–water partition coefficient (Wildman–Crippen LogP) is 3.98. The van der Waals surface area contributed by atoms with Gasteiger partial charge in [-0.05, 0) is 35.9 Å². The van der Waals surface area contributed by atoms with Gasteiger partial charge in [0.15, 0.2) is 0 Å². The molecule has 1 heterocycles. The molecule has 0 amide bonds. The van der Waals surface area contributed by atoms with E-state index in [1.165, 1.54) is 18.5 Å². The highest BCUT2D eigenvalue weighted by molar-refractivity contribution is 5.58. The number of halogens is 1. The Morgan fingerprint density at radius 1 is 1.00 bits per heavy atom. The number of rotatable bonds is 6. The summed E-state index contributed by atoms with van der Waals surface area (Å²) < 4.78 is 18.4. The van der Waals surface area contributed by atoms with Gasteiger partial charge in [-0.15, -0.1) is 0 Å². The molecule has 0 bridgehead atoms. The molecule has 24 heavy (non-hydrogen) atoms. The Morgan fingerprint density at radius 2 is 1.79 bits per heavy atom. The van der Waals surface area contributed by atoms with Crippen molar-refractivity contribution < 1.29 is 9.13 Å². The standard InChI is InChI=1S/C18H17FN4O/c1-24-16-7-5-13(6-8-16)11-20-17-10-18(22-12-21-17)23-15-4-2-3-14(19)9-15/h2-10,12H,11H2,1H3,(H2,20,21,22,23). The maximum Gasteiger partial charge on any atom is 0.135 e. The molecule has 3 aromatic rings. The van der Waals surface area contributed by atoms with E-state index in [0.717, 1.165) is 11.3 Å². The lowest BCUT2D eigenvalue weighted by molar-refractivity contribution is 0.414. The molecule has 0 saturated carbocycles. The van der Waals surface area contributed by atoms with E-state index in [0.29, 0.717) is 23.9 Å². The van der Waals surface area contributed by atoms with Gasteiger partial charge in [0.25, 0.3) is 0 Å². The van der Waals surface area contributed by atoms with Gasteiger partial charge in [0.1, 0.15) is 29.5 Å². The van der Waals surface area contributed by atoms with Gasteiger partial charge >= 0.3 is 0 Å². The summed E-state index contributed by atoms with van der Waals surface area (Å²) >= 11 is 0. The smallest absolute Gasteiger partial charge is 0.135 e. The van der Waals surface area contributed by atoms with Crippen molar-refractivity contribution in [2.24, 2.45) is 0 Å². The van der Waals surface area contributed by atoms with Crippen molar-refractivity contribution >= 4 is 17.3 Å². The van der Waals surface area contributed by atoms with E-state index in [4.69, 9.17) is 4.74 Å². The van der Waals surface area contributed by atoms with Gasteiger partial charge in [-0.2, -0.15) is 0 Å². The van der Waals surface area contributed by atoms with Gasteiger partial charge < -0.3 is 15.4 Å². The lowest BCUT2D eigenvalue weighted by Crippen LogP contribution is -2.03. The molecule has 0 saturated heterocycles. The summed E-state index contributed by atoms with van der Waals surface area (Å²) in [5.41, 5.74) is 1.74. The molecule has 122 valence electrons. The van der Waals surface area contributed by atoms with E-state index >= 15 is 0 Å². The molecule has 5 nitrogen and oxygen atoms in total.